The van der Waals surface area contributed by atoms with E-state index in [2.05, 4.69) is 19.7 Å². The Morgan fingerprint density at radius 3 is 1.93 bits per heavy atom. The zero-order chi connectivity index (χ0) is 20.4. The van der Waals surface area contributed by atoms with Crippen LogP contribution in [-0.2, 0) is 33.2 Å². The van der Waals surface area contributed by atoms with Crippen LogP contribution in [0.1, 0.15) is 20.3 Å². The average Bonchev–Trinajstić information content (AvgIpc) is 2.63. The third-order valence-electron chi connectivity index (χ3n) is 3.14. The Bertz CT molecular complexity index is 421. The molecule has 0 aliphatic carbocycles. The van der Waals surface area contributed by atoms with Crippen molar-refractivity contribution in [3.05, 3.63) is 38.0 Å². The smallest absolute Gasteiger partial charge is 0.363 e. The van der Waals surface area contributed by atoms with Gasteiger partial charge in [0.1, 0.15) is 6.61 Å². The lowest BCUT2D eigenvalue weighted by Crippen LogP contribution is -2.40. The highest BCUT2D eigenvalue weighted by Crippen LogP contribution is 2.18. The van der Waals surface area contributed by atoms with Gasteiger partial charge in [-0.05, 0) is 20.3 Å². The zero-order valence-electron chi connectivity index (χ0n) is 16.7. The van der Waals surface area contributed by atoms with Crippen molar-refractivity contribution in [3.63, 3.8) is 0 Å². The van der Waals surface area contributed by atoms with E-state index in [0.717, 1.165) is 0 Å². The maximum Gasteiger partial charge on any atom is 0.363 e. The minimum atomic E-state index is -1.16. The van der Waals surface area contributed by atoms with E-state index in [4.69, 9.17) is 28.4 Å². The van der Waals surface area contributed by atoms with Gasteiger partial charge in [0.15, 0.2) is 0 Å². The molecule has 27 heavy (non-hydrogen) atoms. The molecule has 7 heteroatoms. The molecule has 0 saturated heterocycles. The normalized spacial score (nSPS) is 12.4. The minimum absolute atomic E-state index is 0.103. The molecule has 0 saturated carbocycles. The molecule has 1 unspecified atom stereocenters. The van der Waals surface area contributed by atoms with E-state index in [0.29, 0.717) is 39.5 Å². The second-order valence-corrected chi connectivity index (χ2v) is 6.09. The Kier molecular flexibility index (Phi) is 15.7. The van der Waals surface area contributed by atoms with E-state index in [1.165, 1.54) is 0 Å². The molecule has 0 radical (unpaired) electrons. The topological polar surface area (TPSA) is 72.5 Å². The summed E-state index contributed by atoms with van der Waals surface area (Å²) in [6, 6.07) is 0. The van der Waals surface area contributed by atoms with Crippen molar-refractivity contribution in [2.75, 3.05) is 52.9 Å². The van der Waals surface area contributed by atoms with Gasteiger partial charge in [0.2, 0.25) is 0 Å². The fraction of sp³-hybridized carbons (Fsp3) is 0.650. The molecule has 0 bridgehead atoms. The van der Waals surface area contributed by atoms with Gasteiger partial charge in [-0.2, -0.15) is 0 Å². The van der Waals surface area contributed by atoms with Crippen molar-refractivity contribution < 1.29 is 33.2 Å². The Morgan fingerprint density at radius 1 is 0.852 bits per heavy atom. The van der Waals surface area contributed by atoms with E-state index in [1.807, 2.05) is 13.8 Å². The number of hydrogen-bond donors (Lipinski definition) is 0. The van der Waals surface area contributed by atoms with Crippen LogP contribution in [0.4, 0.5) is 0 Å². The Balaban J connectivity index is 4.50. The average molecular weight is 386 g/mol. The highest BCUT2D eigenvalue weighted by molar-refractivity contribution is 5.73. The fourth-order valence-electron chi connectivity index (χ4n) is 1.80. The second-order valence-electron chi connectivity index (χ2n) is 6.09. The molecule has 0 fully saturated rings. The highest BCUT2D eigenvalue weighted by Gasteiger charge is 2.30. The molecule has 0 spiro atoms. The van der Waals surface area contributed by atoms with Gasteiger partial charge >= 0.3 is 5.97 Å². The van der Waals surface area contributed by atoms with E-state index in [9.17, 15) is 4.79 Å². The predicted molar refractivity (Wildman–Crippen MR) is 104 cm³/mol. The second kappa shape index (κ2) is 16.6. The van der Waals surface area contributed by atoms with Crippen molar-refractivity contribution in [1.82, 2.24) is 0 Å². The molecule has 0 aromatic carbocycles. The first-order chi connectivity index (χ1) is 13.0. The van der Waals surface area contributed by atoms with Crippen LogP contribution in [0.15, 0.2) is 38.0 Å². The molecule has 156 valence electrons. The number of hydrogen-bond acceptors (Lipinski definition) is 7. The SMILES string of the molecule is C=CCOCCOC(=O)C(OCCOCC=C)OC(C)(C)CCOCC=C. The summed E-state index contributed by atoms with van der Waals surface area (Å²) in [6.07, 6.45) is 4.35. The van der Waals surface area contributed by atoms with Gasteiger partial charge in [0.25, 0.3) is 6.29 Å². The van der Waals surface area contributed by atoms with Crippen LogP contribution in [0.2, 0.25) is 0 Å². The standard InChI is InChI=1S/C20H34O7/c1-6-10-22-13-9-20(4,5)27-19(26-17-15-24-12-8-3)18(21)25-16-14-23-11-7-2/h6-8,19H,1-3,9-17H2,4-5H3. The predicted octanol–water partition coefficient (Wildman–Crippen LogP) is 2.67. The largest absolute Gasteiger partial charge is 0.459 e. The van der Waals surface area contributed by atoms with Gasteiger partial charge in [-0.15, -0.1) is 19.7 Å². The molecule has 0 aliphatic heterocycles. The van der Waals surface area contributed by atoms with Crippen LogP contribution in [-0.4, -0.2) is 70.7 Å². The zero-order valence-corrected chi connectivity index (χ0v) is 16.7. The van der Waals surface area contributed by atoms with Crippen LogP contribution in [0.3, 0.4) is 0 Å². The monoisotopic (exact) mass is 386 g/mol. The molecule has 0 aliphatic rings. The number of esters is 1. The quantitative estimate of drug-likeness (QED) is 0.146. The van der Waals surface area contributed by atoms with Crippen molar-refractivity contribution in [3.8, 4) is 0 Å². The lowest BCUT2D eigenvalue weighted by molar-refractivity contribution is -0.227. The molecule has 0 aromatic heterocycles. The van der Waals surface area contributed by atoms with Crippen molar-refractivity contribution in [1.29, 1.82) is 0 Å². The van der Waals surface area contributed by atoms with Crippen molar-refractivity contribution >= 4 is 5.97 Å². The van der Waals surface area contributed by atoms with Gasteiger partial charge < -0.3 is 28.4 Å². The van der Waals surface area contributed by atoms with Gasteiger partial charge in [-0.1, -0.05) is 18.2 Å². The summed E-state index contributed by atoms with van der Waals surface area (Å²) in [5.74, 6) is -0.610. The Labute approximate surface area is 162 Å². The van der Waals surface area contributed by atoms with Crippen LogP contribution >= 0.6 is 0 Å². The fourth-order valence-corrected chi connectivity index (χ4v) is 1.80. The van der Waals surface area contributed by atoms with E-state index >= 15 is 0 Å². The summed E-state index contributed by atoms with van der Waals surface area (Å²) in [5, 5.41) is 0. The Hall–Kier alpha value is -1.51. The van der Waals surface area contributed by atoms with E-state index in [1.54, 1.807) is 18.2 Å². The number of ether oxygens (including phenoxy) is 6. The minimum Gasteiger partial charge on any atom is -0.459 e. The van der Waals surface area contributed by atoms with Crippen molar-refractivity contribution in [2.24, 2.45) is 0 Å². The summed E-state index contributed by atoms with van der Waals surface area (Å²) >= 11 is 0. The Morgan fingerprint density at radius 2 is 1.37 bits per heavy atom. The summed E-state index contributed by atoms with van der Waals surface area (Å²) in [4.78, 5) is 12.3. The van der Waals surface area contributed by atoms with Gasteiger partial charge in [-0.3, -0.25) is 0 Å². The maximum atomic E-state index is 12.3. The van der Waals surface area contributed by atoms with Crippen LogP contribution in [0.25, 0.3) is 0 Å². The highest BCUT2D eigenvalue weighted by atomic mass is 16.7. The molecule has 7 nitrogen and oxygen atoms in total. The molecule has 0 aromatic rings. The molecule has 0 amide bonds. The third kappa shape index (κ3) is 15.3. The molecular weight excluding hydrogens is 352 g/mol. The molecule has 0 heterocycles. The first-order valence-electron chi connectivity index (χ1n) is 8.98. The lowest BCUT2D eigenvalue weighted by Gasteiger charge is -2.29. The molecule has 1 atom stereocenters. The summed E-state index contributed by atoms with van der Waals surface area (Å²) in [5.41, 5.74) is -0.647. The summed E-state index contributed by atoms with van der Waals surface area (Å²) < 4.78 is 32.3. The van der Waals surface area contributed by atoms with Crippen LogP contribution in [0.5, 0.6) is 0 Å². The first kappa shape index (κ1) is 25.5. The van der Waals surface area contributed by atoms with Crippen LogP contribution < -0.4 is 0 Å². The van der Waals surface area contributed by atoms with E-state index < -0.39 is 17.9 Å². The third-order valence-corrected chi connectivity index (χ3v) is 3.14. The molecule has 0 N–H and O–H groups in total. The van der Waals surface area contributed by atoms with Crippen molar-refractivity contribution in [2.45, 2.75) is 32.2 Å². The number of rotatable bonds is 19. The van der Waals surface area contributed by atoms with Gasteiger partial charge in [0, 0.05) is 6.61 Å². The van der Waals surface area contributed by atoms with Crippen LogP contribution in [0, 0.1) is 0 Å². The summed E-state index contributed by atoms with van der Waals surface area (Å²) in [7, 11) is 0. The first-order valence-corrected chi connectivity index (χ1v) is 8.98. The van der Waals surface area contributed by atoms with Gasteiger partial charge in [-0.25, -0.2) is 4.79 Å². The number of carbonyl (C=O) groups is 1. The van der Waals surface area contributed by atoms with E-state index in [-0.39, 0.29) is 19.8 Å². The molecular formula is C20H34O7. The molecule has 0 rings (SSSR count). The summed E-state index contributed by atoms with van der Waals surface area (Å²) in [6.45, 7) is 17.0. The van der Waals surface area contributed by atoms with Gasteiger partial charge in [0.05, 0.1) is 45.2 Å². The number of carbonyl (C=O) groups excluding carboxylic acids is 1. The lowest BCUT2D eigenvalue weighted by atomic mass is 10.1. The maximum absolute atomic E-state index is 12.3.